The van der Waals surface area contributed by atoms with E-state index in [9.17, 15) is 9.59 Å². The second-order valence-corrected chi connectivity index (χ2v) is 5.73. The minimum absolute atomic E-state index is 0.00376. The van der Waals surface area contributed by atoms with Gasteiger partial charge in [-0.1, -0.05) is 19.3 Å². The molecule has 23 heavy (non-hydrogen) atoms. The number of anilines is 1. The second kappa shape index (κ2) is 9.07. The molecule has 0 aromatic carbocycles. The molecule has 126 valence electrons. The highest BCUT2D eigenvalue weighted by molar-refractivity contribution is 5.93. The molecular formula is C16H25N5O2. The first-order valence-corrected chi connectivity index (χ1v) is 8.32. The lowest BCUT2D eigenvalue weighted by atomic mass is 9.95. The number of nitrogens with zero attached hydrogens (tertiary/aromatic N) is 2. The van der Waals surface area contributed by atoms with Crippen molar-refractivity contribution < 1.29 is 9.59 Å². The summed E-state index contributed by atoms with van der Waals surface area (Å²) in [6.45, 7) is 2.98. The summed E-state index contributed by atoms with van der Waals surface area (Å²) in [5.41, 5.74) is 0.388. The summed E-state index contributed by atoms with van der Waals surface area (Å²) in [5, 5.41) is 8.71. The number of hydrogen-bond donors (Lipinski definition) is 3. The van der Waals surface area contributed by atoms with E-state index in [1.165, 1.54) is 31.7 Å². The van der Waals surface area contributed by atoms with Gasteiger partial charge in [-0.2, -0.15) is 0 Å². The van der Waals surface area contributed by atoms with E-state index in [4.69, 9.17) is 0 Å². The van der Waals surface area contributed by atoms with E-state index < -0.39 is 0 Å². The molecule has 1 saturated carbocycles. The molecule has 1 aromatic heterocycles. The van der Waals surface area contributed by atoms with E-state index in [0.29, 0.717) is 30.5 Å². The van der Waals surface area contributed by atoms with Crippen molar-refractivity contribution in [2.75, 3.05) is 18.4 Å². The van der Waals surface area contributed by atoms with E-state index in [1.807, 2.05) is 6.92 Å². The summed E-state index contributed by atoms with van der Waals surface area (Å²) in [6.07, 6.45) is 9.00. The van der Waals surface area contributed by atoms with Crippen molar-refractivity contribution in [2.45, 2.75) is 51.5 Å². The van der Waals surface area contributed by atoms with E-state index in [-0.39, 0.29) is 11.8 Å². The van der Waals surface area contributed by atoms with Crippen LogP contribution in [0.2, 0.25) is 0 Å². The summed E-state index contributed by atoms with van der Waals surface area (Å²) in [4.78, 5) is 31.9. The molecule has 0 spiro atoms. The number of rotatable bonds is 7. The first kappa shape index (κ1) is 17.2. The number of nitrogens with one attached hydrogen (secondary N) is 3. The molecule has 1 fully saturated rings. The van der Waals surface area contributed by atoms with Crippen LogP contribution in [0.25, 0.3) is 0 Å². The largest absolute Gasteiger partial charge is 0.355 e. The van der Waals surface area contributed by atoms with E-state index in [1.54, 1.807) is 0 Å². The lowest BCUT2D eigenvalue weighted by Crippen LogP contribution is -2.38. The maximum atomic E-state index is 11.9. The Hall–Kier alpha value is -2.18. The average Bonchev–Trinajstić information content (AvgIpc) is 2.56. The monoisotopic (exact) mass is 319 g/mol. The zero-order valence-electron chi connectivity index (χ0n) is 13.6. The Morgan fingerprint density at radius 3 is 2.52 bits per heavy atom. The maximum absolute atomic E-state index is 11.9. The molecule has 3 N–H and O–H groups in total. The number of hydrogen-bond acceptors (Lipinski definition) is 5. The quantitative estimate of drug-likeness (QED) is 0.707. The summed E-state index contributed by atoms with van der Waals surface area (Å²) >= 11 is 0. The van der Waals surface area contributed by atoms with Crippen LogP contribution >= 0.6 is 0 Å². The van der Waals surface area contributed by atoms with Crippen LogP contribution in [0.1, 0.15) is 55.8 Å². The molecule has 1 aliphatic carbocycles. The zero-order valence-corrected chi connectivity index (χ0v) is 13.6. The van der Waals surface area contributed by atoms with Crippen molar-refractivity contribution in [3.8, 4) is 0 Å². The molecule has 7 nitrogen and oxygen atoms in total. The van der Waals surface area contributed by atoms with Crippen LogP contribution in [0.3, 0.4) is 0 Å². The zero-order chi connectivity index (χ0) is 16.5. The van der Waals surface area contributed by atoms with Gasteiger partial charge in [0.1, 0.15) is 0 Å². The third-order valence-electron chi connectivity index (χ3n) is 3.86. The van der Waals surface area contributed by atoms with Crippen molar-refractivity contribution in [2.24, 2.45) is 0 Å². The summed E-state index contributed by atoms with van der Waals surface area (Å²) in [5.74, 6) is 0.227. The van der Waals surface area contributed by atoms with Gasteiger partial charge >= 0.3 is 0 Å². The van der Waals surface area contributed by atoms with Gasteiger partial charge < -0.3 is 16.0 Å². The van der Waals surface area contributed by atoms with Crippen LogP contribution < -0.4 is 16.0 Å². The average molecular weight is 319 g/mol. The third-order valence-corrected chi connectivity index (χ3v) is 3.86. The van der Waals surface area contributed by atoms with Crippen molar-refractivity contribution in [3.63, 3.8) is 0 Å². The predicted octanol–water partition coefficient (Wildman–Crippen LogP) is 1.48. The molecule has 2 amide bonds. The van der Waals surface area contributed by atoms with Gasteiger partial charge in [-0.25, -0.2) is 9.97 Å². The van der Waals surface area contributed by atoms with Crippen molar-refractivity contribution in [1.29, 1.82) is 0 Å². The highest BCUT2D eigenvalue weighted by Gasteiger charge is 2.15. The Bertz CT molecular complexity index is 512. The molecule has 1 aromatic rings. The van der Waals surface area contributed by atoms with Crippen LogP contribution in [0.4, 0.5) is 5.95 Å². The summed E-state index contributed by atoms with van der Waals surface area (Å²) < 4.78 is 0. The first-order chi connectivity index (χ1) is 11.2. The van der Waals surface area contributed by atoms with Gasteiger partial charge in [0.15, 0.2) is 0 Å². The molecule has 0 radical (unpaired) electrons. The number of aromatic nitrogens is 2. The van der Waals surface area contributed by atoms with E-state index in [2.05, 4.69) is 25.9 Å². The van der Waals surface area contributed by atoms with E-state index >= 15 is 0 Å². The maximum Gasteiger partial charge on any atom is 0.254 e. The summed E-state index contributed by atoms with van der Waals surface area (Å²) in [7, 11) is 0. The predicted molar refractivity (Wildman–Crippen MR) is 88.2 cm³/mol. The Labute approximate surface area is 136 Å². The summed E-state index contributed by atoms with van der Waals surface area (Å²) in [6, 6.07) is 0.305. The molecule has 0 atom stereocenters. The van der Waals surface area contributed by atoms with Gasteiger partial charge in [-0.05, 0) is 19.8 Å². The number of carbonyl (C=O) groups excluding carboxylic acids is 2. The smallest absolute Gasteiger partial charge is 0.254 e. The van der Waals surface area contributed by atoms with Gasteiger partial charge in [0.05, 0.1) is 5.56 Å². The molecule has 0 saturated heterocycles. The fraction of sp³-hybridized carbons (Fsp3) is 0.625. The van der Waals surface area contributed by atoms with Crippen LogP contribution in [0.15, 0.2) is 12.4 Å². The highest BCUT2D eigenvalue weighted by Crippen LogP contribution is 2.17. The molecule has 0 bridgehead atoms. The topological polar surface area (TPSA) is 96.0 Å². The molecule has 1 heterocycles. The third kappa shape index (κ3) is 5.84. The number of amides is 2. The SMILES string of the molecule is CCNc1ncc(C(=O)NCCC(=O)NC2CCCCC2)cn1. The Balaban J connectivity index is 1.68. The molecule has 0 unspecified atom stereocenters. The van der Waals surface area contributed by atoms with Gasteiger partial charge in [0.25, 0.3) is 5.91 Å². The van der Waals surface area contributed by atoms with E-state index in [0.717, 1.165) is 19.4 Å². The minimum atomic E-state index is -0.265. The van der Waals surface area contributed by atoms with Crippen LogP contribution in [0.5, 0.6) is 0 Å². The van der Waals surface area contributed by atoms with Gasteiger partial charge in [-0.15, -0.1) is 0 Å². The number of carbonyl (C=O) groups is 2. The van der Waals surface area contributed by atoms with Gasteiger partial charge in [-0.3, -0.25) is 9.59 Å². The Morgan fingerprint density at radius 2 is 1.87 bits per heavy atom. The fourth-order valence-corrected chi connectivity index (χ4v) is 2.63. The van der Waals surface area contributed by atoms with Crippen molar-refractivity contribution >= 4 is 17.8 Å². The van der Waals surface area contributed by atoms with Gasteiger partial charge in [0.2, 0.25) is 11.9 Å². The molecule has 0 aliphatic heterocycles. The lowest BCUT2D eigenvalue weighted by molar-refractivity contribution is -0.121. The molecule has 7 heteroatoms. The lowest BCUT2D eigenvalue weighted by Gasteiger charge is -2.22. The highest BCUT2D eigenvalue weighted by atomic mass is 16.2. The fourth-order valence-electron chi connectivity index (χ4n) is 2.63. The molecule has 1 aliphatic rings. The van der Waals surface area contributed by atoms with Crippen LogP contribution in [-0.4, -0.2) is 40.9 Å². The second-order valence-electron chi connectivity index (χ2n) is 5.73. The Morgan fingerprint density at radius 1 is 1.17 bits per heavy atom. The van der Waals surface area contributed by atoms with Crippen molar-refractivity contribution in [1.82, 2.24) is 20.6 Å². The van der Waals surface area contributed by atoms with Crippen molar-refractivity contribution in [3.05, 3.63) is 18.0 Å². The van der Waals surface area contributed by atoms with Crippen LogP contribution in [0, 0.1) is 0 Å². The molecular weight excluding hydrogens is 294 g/mol. The molecule has 2 rings (SSSR count). The normalized spacial score (nSPS) is 15.0. The minimum Gasteiger partial charge on any atom is -0.355 e. The standard InChI is InChI=1S/C16H25N5O2/c1-2-17-16-19-10-12(11-20-16)15(23)18-9-8-14(22)21-13-6-4-3-5-7-13/h10-11,13H,2-9H2,1H3,(H,18,23)(H,21,22)(H,17,19,20). The van der Waals surface area contributed by atoms with Crippen LogP contribution in [-0.2, 0) is 4.79 Å². The Kier molecular flexibility index (Phi) is 6.77. The van der Waals surface area contributed by atoms with Gasteiger partial charge in [0, 0.05) is 37.9 Å². The first-order valence-electron chi connectivity index (χ1n) is 8.32.